The van der Waals surface area contributed by atoms with Gasteiger partial charge in [-0.2, -0.15) is 0 Å². The van der Waals surface area contributed by atoms with Crippen molar-refractivity contribution in [2.75, 3.05) is 7.11 Å². The largest absolute Gasteiger partial charge is 0.467 e. The lowest BCUT2D eigenvalue weighted by atomic mass is 10.0. The number of esters is 1. The lowest BCUT2D eigenvalue weighted by molar-refractivity contribution is -0.145. The van der Waals surface area contributed by atoms with Gasteiger partial charge in [0.25, 0.3) is 0 Å². The summed E-state index contributed by atoms with van der Waals surface area (Å²) in [4.78, 5) is 36.6. The average molecular weight is 465 g/mol. The summed E-state index contributed by atoms with van der Waals surface area (Å²) in [6, 6.07) is 11.1. The van der Waals surface area contributed by atoms with Gasteiger partial charge in [-0.1, -0.05) is 46.3 Å². The van der Waals surface area contributed by atoms with Crippen molar-refractivity contribution >= 4 is 33.7 Å². The highest BCUT2D eigenvalue weighted by molar-refractivity contribution is 9.10. The lowest BCUT2D eigenvalue weighted by Gasteiger charge is -2.22. The maximum Gasteiger partial charge on any atom is 0.328 e. The number of nitrogens with one attached hydrogen (secondary N) is 2. The Morgan fingerprint density at radius 3 is 2.24 bits per heavy atom. The second-order valence-electron chi connectivity index (χ2n) is 6.46. The number of halogens is 2. The van der Waals surface area contributed by atoms with Crippen LogP contribution in [-0.4, -0.2) is 37.0 Å². The Labute approximate surface area is 177 Å². The number of methoxy groups -OCH3 is 1. The fourth-order valence-corrected chi connectivity index (χ4v) is 3.25. The third-order valence-electron chi connectivity index (χ3n) is 4.23. The normalized spacial score (nSPS) is 12.6. The Morgan fingerprint density at radius 2 is 1.66 bits per heavy atom. The predicted octanol–water partition coefficient (Wildman–Crippen LogP) is 2.54. The molecule has 0 bridgehead atoms. The first-order valence-corrected chi connectivity index (χ1v) is 9.72. The van der Waals surface area contributed by atoms with Crippen molar-refractivity contribution in [2.24, 2.45) is 0 Å². The Bertz CT molecular complexity index is 873. The summed E-state index contributed by atoms with van der Waals surface area (Å²) >= 11 is 3.42. The summed E-state index contributed by atoms with van der Waals surface area (Å²) in [5, 5.41) is 5.23. The van der Waals surface area contributed by atoms with Gasteiger partial charge in [0.15, 0.2) is 0 Å². The summed E-state index contributed by atoms with van der Waals surface area (Å²) in [6.07, 6.45) is 0.359. The zero-order chi connectivity index (χ0) is 21.4. The van der Waals surface area contributed by atoms with E-state index >= 15 is 0 Å². The van der Waals surface area contributed by atoms with E-state index in [2.05, 4.69) is 26.6 Å². The molecule has 0 aliphatic rings. The molecule has 2 atom stereocenters. The van der Waals surface area contributed by atoms with Crippen LogP contribution >= 0.6 is 15.9 Å². The molecule has 0 spiro atoms. The third kappa shape index (κ3) is 6.98. The van der Waals surface area contributed by atoms with Crippen LogP contribution in [0.15, 0.2) is 53.0 Å². The molecule has 0 saturated carbocycles. The molecular weight excluding hydrogens is 443 g/mol. The van der Waals surface area contributed by atoms with E-state index < -0.39 is 35.7 Å². The molecule has 2 aromatic rings. The van der Waals surface area contributed by atoms with Gasteiger partial charge in [-0.3, -0.25) is 9.59 Å². The number of carbonyl (C=O) groups excluding carboxylic acids is 3. The molecule has 154 valence electrons. The van der Waals surface area contributed by atoms with Crippen LogP contribution in [0.1, 0.15) is 18.1 Å². The summed E-state index contributed by atoms with van der Waals surface area (Å²) < 4.78 is 18.7. The number of hydrogen-bond donors (Lipinski definition) is 2. The minimum Gasteiger partial charge on any atom is -0.467 e. The summed E-state index contributed by atoms with van der Waals surface area (Å²) in [5.74, 6) is -1.93. The van der Waals surface area contributed by atoms with Crippen LogP contribution in [0, 0.1) is 5.82 Å². The van der Waals surface area contributed by atoms with Gasteiger partial charge in [0, 0.05) is 24.2 Å². The zero-order valence-corrected chi connectivity index (χ0v) is 17.7. The Kier molecular flexibility index (Phi) is 8.33. The highest BCUT2D eigenvalue weighted by Crippen LogP contribution is 2.18. The maximum absolute atomic E-state index is 13.1. The van der Waals surface area contributed by atoms with Gasteiger partial charge in [0.1, 0.15) is 17.9 Å². The fourth-order valence-electron chi connectivity index (χ4n) is 2.80. The van der Waals surface area contributed by atoms with Gasteiger partial charge in [0.2, 0.25) is 11.8 Å². The highest BCUT2D eigenvalue weighted by Gasteiger charge is 2.27. The van der Waals surface area contributed by atoms with Gasteiger partial charge in [-0.25, -0.2) is 9.18 Å². The van der Waals surface area contributed by atoms with Crippen molar-refractivity contribution in [1.82, 2.24) is 10.6 Å². The predicted molar refractivity (Wildman–Crippen MR) is 110 cm³/mol. The molecule has 2 N–H and O–H groups in total. The molecule has 0 aliphatic carbocycles. The summed E-state index contributed by atoms with van der Waals surface area (Å²) in [7, 11) is 1.24. The zero-order valence-electron chi connectivity index (χ0n) is 16.1. The molecule has 29 heavy (non-hydrogen) atoms. The van der Waals surface area contributed by atoms with Crippen LogP contribution in [0.3, 0.4) is 0 Å². The van der Waals surface area contributed by atoms with Crippen molar-refractivity contribution in [3.8, 4) is 0 Å². The fraction of sp³-hybridized carbons (Fsp3) is 0.286. The van der Waals surface area contributed by atoms with Gasteiger partial charge in [0.05, 0.1) is 7.11 Å². The average Bonchev–Trinajstić information content (AvgIpc) is 2.69. The number of carbonyl (C=O) groups is 3. The molecule has 0 radical (unpaired) electrons. The minimum atomic E-state index is -0.935. The highest BCUT2D eigenvalue weighted by atomic mass is 79.9. The first-order valence-electron chi connectivity index (χ1n) is 8.93. The first-order chi connectivity index (χ1) is 13.8. The molecule has 0 fully saturated rings. The first kappa shape index (κ1) is 22.5. The van der Waals surface area contributed by atoms with Crippen molar-refractivity contribution < 1.29 is 23.5 Å². The minimum absolute atomic E-state index is 0.147. The number of rotatable bonds is 8. The van der Waals surface area contributed by atoms with Crippen LogP contribution in [-0.2, 0) is 32.0 Å². The van der Waals surface area contributed by atoms with Crippen molar-refractivity contribution in [3.05, 3.63) is 69.9 Å². The maximum atomic E-state index is 13.1. The van der Waals surface area contributed by atoms with Gasteiger partial charge in [-0.15, -0.1) is 0 Å². The monoisotopic (exact) mass is 464 g/mol. The molecule has 0 unspecified atom stereocenters. The number of benzene rings is 2. The van der Waals surface area contributed by atoms with E-state index in [1.807, 2.05) is 24.3 Å². The van der Waals surface area contributed by atoms with Crippen LogP contribution in [0.4, 0.5) is 4.39 Å². The summed E-state index contributed by atoms with van der Waals surface area (Å²) in [5.41, 5.74) is 1.48. The third-order valence-corrected chi connectivity index (χ3v) is 5.00. The molecule has 8 heteroatoms. The molecule has 2 rings (SSSR count). The Balaban J connectivity index is 2.17. The molecule has 0 saturated heterocycles. The van der Waals surface area contributed by atoms with E-state index in [4.69, 9.17) is 4.74 Å². The molecule has 2 aromatic carbocycles. The van der Waals surface area contributed by atoms with Crippen molar-refractivity contribution in [3.63, 3.8) is 0 Å². The van der Waals surface area contributed by atoms with Crippen molar-refractivity contribution in [1.29, 1.82) is 0 Å². The van der Waals surface area contributed by atoms with Gasteiger partial charge >= 0.3 is 5.97 Å². The van der Waals surface area contributed by atoms with E-state index in [0.29, 0.717) is 5.56 Å². The molecule has 6 nitrogen and oxygen atoms in total. The smallest absolute Gasteiger partial charge is 0.328 e. The van der Waals surface area contributed by atoms with Crippen LogP contribution in [0.5, 0.6) is 0 Å². The second-order valence-corrected chi connectivity index (χ2v) is 7.32. The SMILES string of the molecule is COC(=O)[C@@H](Cc1ccccc1Br)NC(=O)[C@H](Cc1ccc(F)cc1)NC(C)=O. The van der Waals surface area contributed by atoms with E-state index in [9.17, 15) is 18.8 Å². The molecular formula is C21H22BrFN2O4. The van der Waals surface area contributed by atoms with Gasteiger partial charge < -0.3 is 15.4 Å². The van der Waals surface area contributed by atoms with E-state index in [-0.39, 0.29) is 12.8 Å². The lowest BCUT2D eigenvalue weighted by Crippen LogP contribution is -2.53. The standard InChI is InChI=1S/C21H22BrFN2O4/c1-13(26)24-18(11-14-7-9-16(23)10-8-14)20(27)25-19(21(28)29-2)12-15-5-3-4-6-17(15)22/h3-10,18-19H,11-12H2,1-2H3,(H,24,26)(H,25,27)/t18-,19+/m0/s1. The number of hydrogen-bond acceptors (Lipinski definition) is 4. The van der Waals surface area contributed by atoms with E-state index in [1.165, 1.54) is 38.3 Å². The van der Waals surface area contributed by atoms with E-state index in [0.717, 1.165) is 10.0 Å². The topological polar surface area (TPSA) is 84.5 Å². The quantitative estimate of drug-likeness (QED) is 0.587. The molecule has 0 heterocycles. The molecule has 2 amide bonds. The van der Waals surface area contributed by atoms with Crippen LogP contribution in [0.2, 0.25) is 0 Å². The van der Waals surface area contributed by atoms with Crippen molar-refractivity contribution in [2.45, 2.75) is 31.8 Å². The summed E-state index contributed by atoms with van der Waals surface area (Å²) in [6.45, 7) is 1.30. The molecule has 0 aliphatic heterocycles. The Hall–Kier alpha value is -2.74. The molecule has 0 aromatic heterocycles. The van der Waals surface area contributed by atoms with E-state index in [1.54, 1.807) is 0 Å². The van der Waals surface area contributed by atoms with Gasteiger partial charge in [-0.05, 0) is 29.3 Å². The van der Waals surface area contributed by atoms with Crippen LogP contribution < -0.4 is 10.6 Å². The second kappa shape index (κ2) is 10.7. The number of amides is 2. The number of ether oxygens (including phenoxy) is 1. The Morgan fingerprint density at radius 1 is 1.00 bits per heavy atom. The van der Waals surface area contributed by atoms with Crippen LogP contribution in [0.25, 0.3) is 0 Å².